The van der Waals surface area contributed by atoms with Crippen LogP contribution in [0.1, 0.15) is 17.5 Å². The molecule has 126 valence electrons. The largest absolute Gasteiger partial charge is 0.341 e. The molecule has 0 bridgehead atoms. The third kappa shape index (κ3) is 4.52. The number of carbonyl (C=O) groups is 1. The molecule has 0 unspecified atom stereocenters. The van der Waals surface area contributed by atoms with Crippen LogP contribution >= 0.6 is 11.6 Å². The number of aromatic nitrogens is 2. The molecule has 0 N–H and O–H groups in total. The lowest BCUT2D eigenvalue weighted by Crippen LogP contribution is -2.36. The number of carbonyl (C=O) groups excluding carboxylic acids is 1. The van der Waals surface area contributed by atoms with Crippen LogP contribution in [0.5, 0.6) is 0 Å². The van der Waals surface area contributed by atoms with E-state index in [0.29, 0.717) is 11.4 Å². The van der Waals surface area contributed by atoms with Crippen LogP contribution in [0.25, 0.3) is 0 Å². The summed E-state index contributed by atoms with van der Waals surface area (Å²) in [6, 6.07) is 5.77. The van der Waals surface area contributed by atoms with E-state index in [1.165, 1.54) is 0 Å². The lowest BCUT2D eigenvalue weighted by atomic mass is 10.2. The number of hydrogen-bond donors (Lipinski definition) is 0. The average molecular weight is 345 g/mol. The van der Waals surface area contributed by atoms with Gasteiger partial charge >= 0.3 is 0 Å². The molecule has 0 aliphatic carbocycles. The highest BCUT2D eigenvalue weighted by molar-refractivity contribution is 6.31. The molecular weight excluding hydrogens is 324 g/mol. The van der Waals surface area contributed by atoms with E-state index in [9.17, 15) is 4.79 Å². The van der Waals surface area contributed by atoms with Crippen molar-refractivity contribution in [3.8, 4) is 0 Å². The quantitative estimate of drug-likeness (QED) is 0.854. The van der Waals surface area contributed by atoms with Crippen molar-refractivity contribution in [1.82, 2.24) is 19.8 Å². The average Bonchev–Trinajstić information content (AvgIpc) is 2.84. The first-order valence-electron chi connectivity index (χ1n) is 8.20. The summed E-state index contributed by atoms with van der Waals surface area (Å²) in [4.78, 5) is 24.9. The van der Waals surface area contributed by atoms with Gasteiger partial charge in [-0.2, -0.15) is 0 Å². The molecule has 3 heterocycles. The van der Waals surface area contributed by atoms with Crippen molar-refractivity contribution in [2.75, 3.05) is 26.2 Å². The van der Waals surface area contributed by atoms with Gasteiger partial charge in [0.2, 0.25) is 5.91 Å². The van der Waals surface area contributed by atoms with E-state index in [-0.39, 0.29) is 5.91 Å². The number of pyridine rings is 2. The molecule has 2 aromatic heterocycles. The van der Waals surface area contributed by atoms with Gasteiger partial charge in [0.1, 0.15) is 0 Å². The predicted molar refractivity (Wildman–Crippen MR) is 93.7 cm³/mol. The molecule has 0 atom stereocenters. The molecule has 5 nitrogen and oxygen atoms in total. The third-order valence-corrected chi connectivity index (χ3v) is 4.61. The van der Waals surface area contributed by atoms with Crippen LogP contribution in [-0.2, 0) is 17.8 Å². The molecule has 2 aromatic rings. The van der Waals surface area contributed by atoms with Gasteiger partial charge in [0, 0.05) is 57.5 Å². The Morgan fingerprint density at radius 1 is 1.08 bits per heavy atom. The van der Waals surface area contributed by atoms with Gasteiger partial charge in [-0.05, 0) is 29.7 Å². The van der Waals surface area contributed by atoms with Crippen molar-refractivity contribution in [3.63, 3.8) is 0 Å². The van der Waals surface area contributed by atoms with E-state index in [4.69, 9.17) is 11.6 Å². The second-order valence-corrected chi connectivity index (χ2v) is 6.42. The van der Waals surface area contributed by atoms with Crippen molar-refractivity contribution in [2.24, 2.45) is 0 Å². The molecule has 0 spiro atoms. The molecule has 24 heavy (non-hydrogen) atoms. The Morgan fingerprint density at radius 2 is 1.96 bits per heavy atom. The zero-order chi connectivity index (χ0) is 16.8. The van der Waals surface area contributed by atoms with E-state index in [0.717, 1.165) is 50.3 Å². The Bertz CT molecular complexity index is 680. The van der Waals surface area contributed by atoms with E-state index >= 15 is 0 Å². The van der Waals surface area contributed by atoms with E-state index < -0.39 is 0 Å². The van der Waals surface area contributed by atoms with Gasteiger partial charge in [-0.15, -0.1) is 0 Å². The summed E-state index contributed by atoms with van der Waals surface area (Å²) in [5.74, 6) is 0.173. The lowest BCUT2D eigenvalue weighted by molar-refractivity contribution is -0.130. The van der Waals surface area contributed by atoms with Crippen LogP contribution in [0.3, 0.4) is 0 Å². The second kappa shape index (κ2) is 8.22. The van der Waals surface area contributed by atoms with Crippen molar-refractivity contribution in [2.45, 2.75) is 19.4 Å². The van der Waals surface area contributed by atoms with Crippen molar-refractivity contribution in [1.29, 1.82) is 0 Å². The summed E-state index contributed by atoms with van der Waals surface area (Å²) < 4.78 is 0. The monoisotopic (exact) mass is 344 g/mol. The molecule has 0 radical (unpaired) electrons. The SMILES string of the molecule is O=C(Cc1cccnc1)N1CCCN(Cc2ccncc2Cl)CC1. The van der Waals surface area contributed by atoms with Gasteiger partial charge in [0.25, 0.3) is 0 Å². The summed E-state index contributed by atoms with van der Waals surface area (Å²) in [7, 11) is 0. The normalized spacial score (nSPS) is 16.0. The van der Waals surface area contributed by atoms with Gasteiger partial charge in [-0.3, -0.25) is 19.7 Å². The van der Waals surface area contributed by atoms with Crippen LogP contribution in [0.15, 0.2) is 43.0 Å². The first kappa shape index (κ1) is 16.9. The number of nitrogens with zero attached hydrogens (tertiary/aromatic N) is 4. The number of hydrogen-bond acceptors (Lipinski definition) is 4. The van der Waals surface area contributed by atoms with Crippen molar-refractivity contribution < 1.29 is 4.79 Å². The van der Waals surface area contributed by atoms with E-state index in [1.54, 1.807) is 24.8 Å². The molecule has 1 saturated heterocycles. The van der Waals surface area contributed by atoms with Gasteiger partial charge < -0.3 is 4.90 Å². The van der Waals surface area contributed by atoms with E-state index in [1.807, 2.05) is 23.1 Å². The fourth-order valence-electron chi connectivity index (χ4n) is 2.94. The first-order chi connectivity index (χ1) is 11.7. The first-order valence-corrected chi connectivity index (χ1v) is 8.57. The summed E-state index contributed by atoms with van der Waals surface area (Å²) in [5.41, 5.74) is 2.05. The molecule has 3 rings (SSSR count). The minimum absolute atomic E-state index is 0.173. The van der Waals surface area contributed by atoms with E-state index in [2.05, 4.69) is 14.9 Å². The van der Waals surface area contributed by atoms with Crippen molar-refractivity contribution in [3.05, 3.63) is 59.1 Å². The highest BCUT2D eigenvalue weighted by atomic mass is 35.5. The molecule has 0 saturated carbocycles. The maximum atomic E-state index is 12.5. The van der Waals surface area contributed by atoms with Gasteiger partial charge in [0.15, 0.2) is 0 Å². The van der Waals surface area contributed by atoms with Crippen LogP contribution in [0.2, 0.25) is 5.02 Å². The Labute approximate surface area is 147 Å². The van der Waals surface area contributed by atoms with Crippen molar-refractivity contribution >= 4 is 17.5 Å². The molecule has 1 fully saturated rings. The van der Waals surface area contributed by atoms with Gasteiger partial charge in [0.05, 0.1) is 11.4 Å². The van der Waals surface area contributed by atoms with Gasteiger partial charge in [-0.25, -0.2) is 0 Å². The number of halogens is 1. The van der Waals surface area contributed by atoms with Gasteiger partial charge in [-0.1, -0.05) is 17.7 Å². The van der Waals surface area contributed by atoms with Crippen LogP contribution in [0, 0.1) is 0 Å². The number of rotatable bonds is 4. The predicted octanol–water partition coefficient (Wildman–Crippen LogP) is 2.41. The maximum absolute atomic E-state index is 12.5. The summed E-state index contributed by atoms with van der Waals surface area (Å²) >= 11 is 6.19. The summed E-state index contributed by atoms with van der Waals surface area (Å²) in [6.45, 7) is 4.18. The topological polar surface area (TPSA) is 49.3 Å². The fraction of sp³-hybridized carbons (Fsp3) is 0.389. The minimum Gasteiger partial charge on any atom is -0.341 e. The zero-order valence-electron chi connectivity index (χ0n) is 13.6. The summed E-state index contributed by atoms with van der Waals surface area (Å²) in [5, 5.41) is 0.700. The Kier molecular flexibility index (Phi) is 5.77. The summed E-state index contributed by atoms with van der Waals surface area (Å²) in [6.07, 6.45) is 8.32. The molecule has 1 aliphatic rings. The lowest BCUT2D eigenvalue weighted by Gasteiger charge is -2.22. The minimum atomic E-state index is 0.173. The van der Waals surface area contributed by atoms with Crippen LogP contribution in [0.4, 0.5) is 0 Å². The highest BCUT2D eigenvalue weighted by Crippen LogP contribution is 2.17. The van der Waals surface area contributed by atoms with Crippen LogP contribution in [-0.4, -0.2) is 51.9 Å². The standard InChI is InChI=1S/C18H21ClN4O/c19-17-13-21-6-4-16(17)14-22-7-2-8-23(10-9-22)18(24)11-15-3-1-5-20-12-15/h1,3-6,12-13H,2,7-11,14H2. The number of amides is 1. The second-order valence-electron chi connectivity index (χ2n) is 6.02. The molecule has 0 aromatic carbocycles. The van der Waals surface area contributed by atoms with Crippen LogP contribution < -0.4 is 0 Å². The maximum Gasteiger partial charge on any atom is 0.227 e. The Morgan fingerprint density at radius 3 is 2.75 bits per heavy atom. The zero-order valence-corrected chi connectivity index (χ0v) is 14.3. The Balaban J connectivity index is 1.55. The Hall–Kier alpha value is -1.98. The third-order valence-electron chi connectivity index (χ3n) is 4.27. The molecule has 6 heteroatoms. The molecule has 1 amide bonds. The fourth-order valence-corrected chi connectivity index (χ4v) is 3.12. The molecule has 1 aliphatic heterocycles. The molecular formula is C18H21ClN4O. The highest BCUT2D eigenvalue weighted by Gasteiger charge is 2.19. The smallest absolute Gasteiger partial charge is 0.227 e.